The summed E-state index contributed by atoms with van der Waals surface area (Å²) < 4.78 is 81.0. The molecule has 0 unspecified atom stereocenters. The van der Waals surface area contributed by atoms with Crippen molar-refractivity contribution in [3.8, 4) is 5.75 Å². The average Bonchev–Trinajstić information content (AvgIpc) is 2.95. The minimum Gasteiger partial charge on any atom is -0.489 e. The SMILES string of the molecule is CC(C)(C)OC(=O)N1CC=C(c2cc(C(F)(F)F)ccc2N2CCOc3cc(S(=O)(=O)Nc4ccncn4)ccc32)CC1. The number of fused-ring (bicyclic) bond motifs is 1. The van der Waals surface area contributed by atoms with Crippen molar-refractivity contribution >= 4 is 38.9 Å². The van der Waals surface area contributed by atoms with Crippen LogP contribution < -0.4 is 14.4 Å². The van der Waals surface area contributed by atoms with Gasteiger partial charge in [-0.25, -0.2) is 23.2 Å². The molecule has 0 aliphatic carbocycles. The molecule has 0 spiro atoms. The summed E-state index contributed by atoms with van der Waals surface area (Å²) in [5.74, 6) is 0.354. The van der Waals surface area contributed by atoms with Crippen molar-refractivity contribution in [3.63, 3.8) is 0 Å². The highest BCUT2D eigenvalue weighted by atomic mass is 32.2. The van der Waals surface area contributed by atoms with Gasteiger partial charge in [-0.1, -0.05) is 6.08 Å². The van der Waals surface area contributed by atoms with Crippen LogP contribution in [0.1, 0.15) is 38.3 Å². The Balaban J connectivity index is 1.48. The Morgan fingerprint density at radius 2 is 1.81 bits per heavy atom. The number of anilines is 3. The molecule has 10 nitrogen and oxygen atoms in total. The number of carbonyl (C=O) groups excluding carboxylic acids is 1. The van der Waals surface area contributed by atoms with Crippen molar-refractivity contribution in [1.29, 1.82) is 0 Å². The molecule has 0 saturated heterocycles. The van der Waals surface area contributed by atoms with E-state index in [1.54, 1.807) is 32.9 Å². The standard InChI is InChI=1S/C29H30F3N5O5S/c1-28(2,3)42-27(38)36-12-9-19(10-13-36)22-16-20(29(30,31)32)4-6-23(22)37-14-15-41-25-17-21(5-7-24(25)37)43(39,40)35-26-8-11-33-18-34-26/h4-9,11,16-18H,10,12-15H2,1-3H3,(H,33,34,35). The highest BCUT2D eigenvalue weighted by Crippen LogP contribution is 2.43. The number of benzene rings is 2. The van der Waals surface area contributed by atoms with E-state index in [4.69, 9.17) is 9.47 Å². The molecule has 3 aromatic rings. The zero-order chi connectivity index (χ0) is 31.0. The van der Waals surface area contributed by atoms with Gasteiger partial charge in [0.1, 0.15) is 30.1 Å². The predicted molar refractivity (Wildman–Crippen MR) is 154 cm³/mol. The fourth-order valence-electron chi connectivity index (χ4n) is 4.78. The Labute approximate surface area is 247 Å². The van der Waals surface area contributed by atoms with Crippen molar-refractivity contribution in [2.75, 3.05) is 35.9 Å². The van der Waals surface area contributed by atoms with Gasteiger partial charge in [-0.3, -0.25) is 4.72 Å². The van der Waals surface area contributed by atoms with Crippen LogP contribution in [0.2, 0.25) is 0 Å². The van der Waals surface area contributed by atoms with Gasteiger partial charge in [-0.05, 0) is 69.2 Å². The quantitative estimate of drug-likeness (QED) is 0.379. The maximum absolute atomic E-state index is 13.8. The van der Waals surface area contributed by atoms with Crippen molar-refractivity contribution in [1.82, 2.24) is 14.9 Å². The zero-order valence-corrected chi connectivity index (χ0v) is 24.5. The van der Waals surface area contributed by atoms with E-state index in [2.05, 4.69) is 14.7 Å². The third-order valence-electron chi connectivity index (χ3n) is 6.75. The van der Waals surface area contributed by atoms with Crippen LogP contribution in [0.25, 0.3) is 5.57 Å². The number of aromatic nitrogens is 2. The van der Waals surface area contributed by atoms with E-state index in [-0.39, 0.29) is 36.2 Å². The lowest BCUT2D eigenvalue weighted by molar-refractivity contribution is -0.137. The number of alkyl halides is 3. The maximum Gasteiger partial charge on any atom is 0.416 e. The van der Waals surface area contributed by atoms with Gasteiger partial charge in [0.25, 0.3) is 10.0 Å². The molecule has 2 aliphatic heterocycles. The number of sulfonamides is 1. The second kappa shape index (κ2) is 11.4. The monoisotopic (exact) mass is 617 g/mol. The fraction of sp³-hybridized carbons (Fsp3) is 0.345. The lowest BCUT2D eigenvalue weighted by atomic mass is 9.94. The largest absolute Gasteiger partial charge is 0.489 e. The molecule has 0 saturated carbocycles. The molecule has 43 heavy (non-hydrogen) atoms. The van der Waals surface area contributed by atoms with E-state index >= 15 is 0 Å². The van der Waals surface area contributed by atoms with Gasteiger partial charge >= 0.3 is 12.3 Å². The number of nitrogens with zero attached hydrogens (tertiary/aromatic N) is 4. The van der Waals surface area contributed by atoms with Crippen LogP contribution >= 0.6 is 0 Å². The third-order valence-corrected chi connectivity index (χ3v) is 8.10. The molecular weight excluding hydrogens is 587 g/mol. The number of ether oxygens (including phenoxy) is 2. The Morgan fingerprint density at radius 1 is 1.05 bits per heavy atom. The van der Waals surface area contributed by atoms with E-state index < -0.39 is 33.5 Å². The summed E-state index contributed by atoms with van der Waals surface area (Å²) in [6, 6.07) is 9.28. The number of rotatable bonds is 5. The van der Waals surface area contributed by atoms with E-state index in [1.807, 2.05) is 4.90 Å². The molecule has 1 N–H and O–H groups in total. The number of hydrogen-bond donors (Lipinski definition) is 1. The molecular formula is C29H30F3N5O5S. The topological polar surface area (TPSA) is 114 Å². The first-order chi connectivity index (χ1) is 20.2. The second-order valence-corrected chi connectivity index (χ2v) is 12.6. The Bertz CT molecular complexity index is 1660. The lowest BCUT2D eigenvalue weighted by Gasteiger charge is -2.35. The minimum absolute atomic E-state index is 0.0726. The Morgan fingerprint density at radius 3 is 2.47 bits per heavy atom. The summed E-state index contributed by atoms with van der Waals surface area (Å²) >= 11 is 0. The smallest absolute Gasteiger partial charge is 0.416 e. The number of hydrogen-bond acceptors (Lipinski definition) is 8. The van der Waals surface area contributed by atoms with E-state index in [0.29, 0.717) is 35.5 Å². The minimum atomic E-state index is -4.56. The van der Waals surface area contributed by atoms with Gasteiger partial charge in [0.05, 0.1) is 22.7 Å². The summed E-state index contributed by atoms with van der Waals surface area (Å²) in [7, 11) is -4.02. The van der Waals surface area contributed by atoms with Gasteiger partial charge in [-0.15, -0.1) is 0 Å². The highest BCUT2D eigenvalue weighted by Gasteiger charge is 2.34. The highest BCUT2D eigenvalue weighted by molar-refractivity contribution is 7.92. The first kappa shape index (κ1) is 30.1. The predicted octanol–water partition coefficient (Wildman–Crippen LogP) is 5.85. The lowest BCUT2D eigenvalue weighted by Crippen LogP contribution is -2.39. The molecule has 2 aliphatic rings. The molecule has 5 rings (SSSR count). The molecule has 0 bridgehead atoms. The molecule has 3 heterocycles. The summed E-state index contributed by atoms with van der Waals surface area (Å²) in [6.45, 7) is 6.22. The maximum atomic E-state index is 13.8. The molecule has 14 heteroatoms. The molecule has 1 aromatic heterocycles. The van der Waals surface area contributed by atoms with Gasteiger partial charge in [0.2, 0.25) is 0 Å². The first-order valence-electron chi connectivity index (χ1n) is 13.4. The van der Waals surface area contributed by atoms with Crippen LogP contribution in [0.5, 0.6) is 5.75 Å². The van der Waals surface area contributed by atoms with Gasteiger partial charge in [-0.2, -0.15) is 13.2 Å². The van der Waals surface area contributed by atoms with Gasteiger partial charge in [0, 0.05) is 36.6 Å². The van der Waals surface area contributed by atoms with Gasteiger partial charge < -0.3 is 19.3 Å². The van der Waals surface area contributed by atoms with Crippen LogP contribution in [0.4, 0.5) is 35.2 Å². The van der Waals surface area contributed by atoms with Crippen LogP contribution in [-0.2, 0) is 20.9 Å². The van der Waals surface area contributed by atoms with Gasteiger partial charge in [0.15, 0.2) is 0 Å². The fourth-order valence-corrected chi connectivity index (χ4v) is 5.80. The molecule has 0 radical (unpaired) electrons. The van der Waals surface area contributed by atoms with Crippen LogP contribution in [0.15, 0.2) is 66.0 Å². The number of amides is 1. The molecule has 1 amide bonds. The summed E-state index contributed by atoms with van der Waals surface area (Å²) in [5.41, 5.74) is 0.553. The normalized spacial score (nSPS) is 15.7. The molecule has 228 valence electrons. The van der Waals surface area contributed by atoms with Crippen molar-refractivity contribution < 1.29 is 35.9 Å². The molecule has 0 fully saturated rings. The molecule has 0 atom stereocenters. The summed E-state index contributed by atoms with van der Waals surface area (Å²) in [4.78, 5) is 23.4. The number of carbonyl (C=O) groups is 1. The number of halogens is 3. The van der Waals surface area contributed by atoms with Crippen molar-refractivity contribution in [2.24, 2.45) is 0 Å². The Hall–Kier alpha value is -4.33. The zero-order valence-electron chi connectivity index (χ0n) is 23.7. The van der Waals surface area contributed by atoms with Crippen molar-refractivity contribution in [2.45, 2.75) is 43.9 Å². The third kappa shape index (κ3) is 6.85. The van der Waals surface area contributed by atoms with E-state index in [0.717, 1.165) is 12.1 Å². The van der Waals surface area contributed by atoms with E-state index in [1.165, 1.54) is 41.7 Å². The number of nitrogens with one attached hydrogen (secondary N) is 1. The Kier molecular flexibility index (Phi) is 7.99. The second-order valence-electron chi connectivity index (χ2n) is 11.0. The molecule has 2 aromatic carbocycles. The van der Waals surface area contributed by atoms with E-state index in [9.17, 15) is 26.4 Å². The van der Waals surface area contributed by atoms with Crippen LogP contribution in [0.3, 0.4) is 0 Å². The summed E-state index contributed by atoms with van der Waals surface area (Å²) in [6.07, 6.45) is -0.386. The first-order valence-corrected chi connectivity index (χ1v) is 14.9. The average molecular weight is 618 g/mol. The summed E-state index contributed by atoms with van der Waals surface area (Å²) in [5, 5.41) is 0. The van der Waals surface area contributed by atoms with Crippen LogP contribution in [-0.4, -0.2) is 61.2 Å². The van der Waals surface area contributed by atoms with Crippen molar-refractivity contribution in [3.05, 3.63) is 72.2 Å². The van der Waals surface area contributed by atoms with Crippen LogP contribution in [0, 0.1) is 0 Å².